The smallest absolute Gasteiger partial charge is 0.139 e. The van der Waals surface area contributed by atoms with E-state index >= 15 is 0 Å². The van der Waals surface area contributed by atoms with Crippen molar-refractivity contribution in [3.63, 3.8) is 0 Å². The zero-order valence-electron chi connectivity index (χ0n) is 7.75. The highest BCUT2D eigenvalue weighted by molar-refractivity contribution is 5.92. The molecule has 4 heteroatoms. The summed E-state index contributed by atoms with van der Waals surface area (Å²) >= 11 is 0. The molecule has 4 nitrogen and oxygen atoms in total. The second-order valence-corrected chi connectivity index (χ2v) is 3.74. The van der Waals surface area contributed by atoms with Gasteiger partial charge in [0.05, 0.1) is 5.69 Å². The van der Waals surface area contributed by atoms with E-state index in [0.29, 0.717) is 5.92 Å². The Morgan fingerprint density at radius 3 is 3.07 bits per heavy atom. The molecule has 2 aromatic heterocycles. The van der Waals surface area contributed by atoms with Gasteiger partial charge in [-0.25, -0.2) is 4.98 Å². The average Bonchev–Trinajstić information content (AvgIpc) is 2.97. The monoisotopic (exact) mass is 188 g/mol. The normalized spacial score (nSPS) is 16.1. The second-order valence-electron chi connectivity index (χ2n) is 3.74. The number of nitrogen functional groups attached to an aromatic ring is 1. The molecule has 0 saturated heterocycles. The third-order valence-corrected chi connectivity index (χ3v) is 2.78. The van der Waals surface area contributed by atoms with Crippen LogP contribution in [0.4, 0.5) is 5.69 Å². The second kappa shape index (κ2) is 2.72. The Balaban J connectivity index is 2.29. The van der Waals surface area contributed by atoms with Gasteiger partial charge in [-0.2, -0.15) is 0 Å². The number of anilines is 1. The van der Waals surface area contributed by atoms with E-state index < -0.39 is 0 Å². The molecule has 14 heavy (non-hydrogen) atoms. The number of hydrogen-bond donors (Lipinski definition) is 3. The molecule has 2 heterocycles. The lowest BCUT2D eigenvalue weighted by Gasteiger charge is -2.02. The highest BCUT2D eigenvalue weighted by Gasteiger charge is 2.27. The van der Waals surface area contributed by atoms with Crippen LogP contribution in [0.15, 0.2) is 18.5 Å². The van der Waals surface area contributed by atoms with Gasteiger partial charge in [-0.3, -0.25) is 5.84 Å². The molecule has 1 fully saturated rings. The van der Waals surface area contributed by atoms with Gasteiger partial charge in [-0.05, 0) is 30.4 Å². The molecule has 1 aliphatic carbocycles. The Bertz CT molecular complexity index is 470. The first-order valence-corrected chi connectivity index (χ1v) is 4.83. The van der Waals surface area contributed by atoms with Gasteiger partial charge in [0.25, 0.3) is 0 Å². The summed E-state index contributed by atoms with van der Waals surface area (Å²) < 4.78 is 0. The quantitative estimate of drug-likeness (QED) is 0.496. The van der Waals surface area contributed by atoms with Crippen molar-refractivity contribution >= 4 is 16.7 Å². The predicted molar refractivity (Wildman–Crippen MR) is 55.9 cm³/mol. The zero-order chi connectivity index (χ0) is 9.54. The number of H-pyrrole nitrogens is 1. The summed E-state index contributed by atoms with van der Waals surface area (Å²) in [4.78, 5) is 7.45. The molecule has 0 atom stereocenters. The van der Waals surface area contributed by atoms with E-state index in [1.165, 1.54) is 18.4 Å². The summed E-state index contributed by atoms with van der Waals surface area (Å²) in [7, 11) is 0. The van der Waals surface area contributed by atoms with Gasteiger partial charge in [-0.15, -0.1) is 0 Å². The van der Waals surface area contributed by atoms with Gasteiger partial charge < -0.3 is 10.4 Å². The summed E-state index contributed by atoms with van der Waals surface area (Å²) in [5, 5.41) is 1.15. The summed E-state index contributed by atoms with van der Waals surface area (Å²) in [6, 6.07) is 1.90. The maximum absolute atomic E-state index is 5.47. The first kappa shape index (κ1) is 7.82. The zero-order valence-corrected chi connectivity index (χ0v) is 7.75. The number of aromatic amines is 1. The van der Waals surface area contributed by atoms with Crippen LogP contribution in [0.3, 0.4) is 0 Å². The van der Waals surface area contributed by atoms with Crippen molar-refractivity contribution in [2.45, 2.75) is 18.8 Å². The maximum atomic E-state index is 5.47. The molecule has 0 unspecified atom stereocenters. The standard InChI is InChI=1S/C10H12N4/c11-14-8-3-4-12-10-9(8)7(5-13-10)6-1-2-6/h3-6H,1-2,11H2,(H2,12,13,14). The van der Waals surface area contributed by atoms with Gasteiger partial charge in [0.15, 0.2) is 0 Å². The maximum Gasteiger partial charge on any atom is 0.139 e. The summed E-state index contributed by atoms with van der Waals surface area (Å²) in [5.41, 5.74) is 5.94. The molecule has 0 amide bonds. The number of fused-ring (bicyclic) bond motifs is 1. The molecule has 72 valence electrons. The third kappa shape index (κ3) is 1.01. The number of nitrogens with one attached hydrogen (secondary N) is 2. The highest BCUT2D eigenvalue weighted by atomic mass is 15.2. The Labute approximate surface area is 81.5 Å². The molecular weight excluding hydrogens is 176 g/mol. The molecule has 3 rings (SSSR count). The van der Waals surface area contributed by atoms with Gasteiger partial charge in [0, 0.05) is 17.8 Å². The SMILES string of the molecule is NNc1ccnc2[nH]cc(C3CC3)c12. The van der Waals surface area contributed by atoms with Crippen LogP contribution in [-0.2, 0) is 0 Å². The van der Waals surface area contributed by atoms with Gasteiger partial charge in [0.1, 0.15) is 5.65 Å². The molecule has 0 aromatic carbocycles. The summed E-state index contributed by atoms with van der Waals surface area (Å²) in [6.07, 6.45) is 6.37. The van der Waals surface area contributed by atoms with Crippen LogP contribution >= 0.6 is 0 Å². The van der Waals surface area contributed by atoms with Crippen molar-refractivity contribution in [1.29, 1.82) is 0 Å². The van der Waals surface area contributed by atoms with E-state index in [1.807, 2.05) is 6.07 Å². The van der Waals surface area contributed by atoms with Crippen LogP contribution in [0.2, 0.25) is 0 Å². The number of hydrogen-bond acceptors (Lipinski definition) is 3. The number of aromatic nitrogens is 2. The lowest BCUT2D eigenvalue weighted by Crippen LogP contribution is -2.07. The fourth-order valence-electron chi connectivity index (χ4n) is 1.92. The van der Waals surface area contributed by atoms with Crippen LogP contribution in [0, 0.1) is 0 Å². The molecule has 0 spiro atoms. The molecule has 1 aliphatic rings. The molecule has 1 saturated carbocycles. The largest absolute Gasteiger partial charge is 0.346 e. The van der Waals surface area contributed by atoms with Gasteiger partial charge in [0.2, 0.25) is 0 Å². The third-order valence-electron chi connectivity index (χ3n) is 2.78. The predicted octanol–water partition coefficient (Wildman–Crippen LogP) is 1.73. The van der Waals surface area contributed by atoms with Crippen molar-refractivity contribution < 1.29 is 0 Å². The van der Waals surface area contributed by atoms with E-state index in [1.54, 1.807) is 6.20 Å². The lowest BCUT2D eigenvalue weighted by molar-refractivity contribution is 1.15. The lowest BCUT2D eigenvalue weighted by atomic mass is 10.1. The Morgan fingerprint density at radius 1 is 1.50 bits per heavy atom. The van der Waals surface area contributed by atoms with E-state index in [-0.39, 0.29) is 0 Å². The first-order valence-electron chi connectivity index (χ1n) is 4.83. The summed E-state index contributed by atoms with van der Waals surface area (Å²) in [6.45, 7) is 0. The molecule has 0 aliphatic heterocycles. The fourth-order valence-corrected chi connectivity index (χ4v) is 1.92. The van der Waals surface area contributed by atoms with Crippen molar-refractivity contribution in [2.75, 3.05) is 5.43 Å². The molecule has 0 bridgehead atoms. The Hall–Kier alpha value is -1.55. The molecular formula is C10H12N4. The van der Waals surface area contributed by atoms with Crippen LogP contribution in [0.25, 0.3) is 11.0 Å². The van der Waals surface area contributed by atoms with Crippen LogP contribution in [-0.4, -0.2) is 9.97 Å². The minimum atomic E-state index is 0.708. The van der Waals surface area contributed by atoms with Crippen molar-refractivity contribution in [1.82, 2.24) is 9.97 Å². The molecule has 2 aromatic rings. The van der Waals surface area contributed by atoms with Crippen LogP contribution in [0.1, 0.15) is 24.3 Å². The van der Waals surface area contributed by atoms with Crippen LogP contribution in [0.5, 0.6) is 0 Å². The van der Waals surface area contributed by atoms with E-state index in [0.717, 1.165) is 16.7 Å². The van der Waals surface area contributed by atoms with Crippen molar-refractivity contribution in [3.8, 4) is 0 Å². The fraction of sp³-hybridized carbons (Fsp3) is 0.300. The minimum absolute atomic E-state index is 0.708. The number of rotatable bonds is 2. The van der Waals surface area contributed by atoms with Crippen molar-refractivity contribution in [3.05, 3.63) is 24.0 Å². The highest BCUT2D eigenvalue weighted by Crippen LogP contribution is 2.44. The number of pyridine rings is 1. The average molecular weight is 188 g/mol. The van der Waals surface area contributed by atoms with Crippen molar-refractivity contribution in [2.24, 2.45) is 5.84 Å². The number of nitrogens with zero attached hydrogens (tertiary/aromatic N) is 1. The minimum Gasteiger partial charge on any atom is -0.346 e. The Morgan fingerprint density at radius 2 is 2.36 bits per heavy atom. The van der Waals surface area contributed by atoms with Crippen LogP contribution < -0.4 is 11.3 Å². The first-order chi connectivity index (χ1) is 6.90. The van der Waals surface area contributed by atoms with E-state index in [2.05, 4.69) is 21.6 Å². The van der Waals surface area contributed by atoms with E-state index in [9.17, 15) is 0 Å². The van der Waals surface area contributed by atoms with E-state index in [4.69, 9.17) is 5.84 Å². The number of nitrogens with two attached hydrogens (primary N) is 1. The van der Waals surface area contributed by atoms with Gasteiger partial charge in [-0.1, -0.05) is 0 Å². The topological polar surface area (TPSA) is 66.7 Å². The summed E-state index contributed by atoms with van der Waals surface area (Å²) in [5.74, 6) is 6.18. The Kier molecular flexibility index (Phi) is 1.52. The van der Waals surface area contributed by atoms with Gasteiger partial charge >= 0.3 is 0 Å². The molecule has 4 N–H and O–H groups in total. The number of hydrazine groups is 1. The molecule has 0 radical (unpaired) electrons.